The van der Waals surface area contributed by atoms with Crippen LogP contribution < -0.4 is 10.5 Å². The summed E-state index contributed by atoms with van der Waals surface area (Å²) in [4.78, 5) is 0. The third-order valence-corrected chi connectivity index (χ3v) is 2.99. The van der Waals surface area contributed by atoms with Crippen LogP contribution in [-0.2, 0) is 6.54 Å². The van der Waals surface area contributed by atoms with Gasteiger partial charge >= 0.3 is 0 Å². The summed E-state index contributed by atoms with van der Waals surface area (Å²) in [5.74, 6) is 0.960. The lowest BCUT2D eigenvalue weighted by Gasteiger charge is -2.13. The van der Waals surface area contributed by atoms with Crippen LogP contribution in [0.1, 0.15) is 37.3 Å². The van der Waals surface area contributed by atoms with Crippen molar-refractivity contribution in [2.75, 3.05) is 6.61 Å². The second-order valence-electron chi connectivity index (χ2n) is 3.97. The van der Waals surface area contributed by atoms with E-state index in [9.17, 15) is 0 Å². The summed E-state index contributed by atoms with van der Waals surface area (Å²) in [6.07, 6.45) is 3.54. The molecule has 0 amide bonds. The summed E-state index contributed by atoms with van der Waals surface area (Å²) < 4.78 is 6.88. The molecule has 16 heavy (non-hydrogen) atoms. The molecule has 0 atom stereocenters. The Hall–Kier alpha value is -0.540. The number of nitrogens with two attached hydrogens (primary N) is 1. The fourth-order valence-corrected chi connectivity index (χ4v) is 2.30. The molecule has 2 N–H and O–H groups in total. The van der Waals surface area contributed by atoms with Crippen LogP contribution in [0.15, 0.2) is 16.6 Å². The molecule has 2 nitrogen and oxygen atoms in total. The van der Waals surface area contributed by atoms with Gasteiger partial charge in [-0.15, -0.1) is 0 Å². The summed E-state index contributed by atoms with van der Waals surface area (Å²) in [5, 5.41) is 0. The highest BCUT2D eigenvalue weighted by atomic mass is 79.9. The van der Waals surface area contributed by atoms with Crippen molar-refractivity contribution in [3.63, 3.8) is 0 Å². The largest absolute Gasteiger partial charge is 0.493 e. The van der Waals surface area contributed by atoms with Crippen molar-refractivity contribution in [3.05, 3.63) is 27.7 Å². The first-order valence-electron chi connectivity index (χ1n) is 5.81. The minimum atomic E-state index is 0.517. The first-order valence-corrected chi connectivity index (χ1v) is 6.60. The Balaban J connectivity index is 2.70. The molecular weight excluding hydrogens is 266 g/mol. The van der Waals surface area contributed by atoms with E-state index in [1.54, 1.807) is 0 Å². The lowest BCUT2D eigenvalue weighted by atomic mass is 10.1. The average molecular weight is 286 g/mol. The molecule has 0 fully saturated rings. The first kappa shape index (κ1) is 13.5. The highest BCUT2D eigenvalue weighted by molar-refractivity contribution is 9.10. The van der Waals surface area contributed by atoms with Crippen LogP contribution in [-0.4, -0.2) is 6.61 Å². The number of hydrogen-bond donors (Lipinski definition) is 1. The van der Waals surface area contributed by atoms with Crippen LogP contribution in [0.25, 0.3) is 0 Å². The standard InChI is InChI=1S/C13H20BrNO/c1-3-4-5-6-16-13-10(2)7-12(14)8-11(13)9-15/h7-8H,3-6,9,15H2,1-2H3. The van der Waals surface area contributed by atoms with Gasteiger partial charge in [-0.3, -0.25) is 0 Å². The molecular formula is C13H20BrNO. The van der Waals surface area contributed by atoms with E-state index in [2.05, 4.69) is 35.8 Å². The van der Waals surface area contributed by atoms with Gasteiger partial charge < -0.3 is 10.5 Å². The number of halogens is 1. The molecule has 0 saturated heterocycles. The van der Waals surface area contributed by atoms with E-state index in [1.807, 2.05) is 6.07 Å². The van der Waals surface area contributed by atoms with Crippen molar-refractivity contribution in [1.29, 1.82) is 0 Å². The monoisotopic (exact) mass is 285 g/mol. The normalized spacial score (nSPS) is 10.5. The van der Waals surface area contributed by atoms with Crippen molar-refractivity contribution in [2.45, 2.75) is 39.7 Å². The second-order valence-corrected chi connectivity index (χ2v) is 4.89. The molecule has 0 aliphatic heterocycles. The maximum Gasteiger partial charge on any atom is 0.126 e. The molecule has 0 unspecified atom stereocenters. The molecule has 90 valence electrons. The van der Waals surface area contributed by atoms with Crippen molar-refractivity contribution >= 4 is 15.9 Å². The number of rotatable bonds is 6. The van der Waals surface area contributed by atoms with Gasteiger partial charge in [0.2, 0.25) is 0 Å². The lowest BCUT2D eigenvalue weighted by Crippen LogP contribution is -2.05. The quantitative estimate of drug-likeness (QED) is 0.808. The van der Waals surface area contributed by atoms with Gasteiger partial charge in [-0.1, -0.05) is 35.7 Å². The molecule has 1 rings (SSSR count). The summed E-state index contributed by atoms with van der Waals surface area (Å²) >= 11 is 3.47. The van der Waals surface area contributed by atoms with Crippen molar-refractivity contribution in [1.82, 2.24) is 0 Å². The lowest BCUT2D eigenvalue weighted by molar-refractivity contribution is 0.301. The Kier molecular flexibility index (Phi) is 5.85. The fraction of sp³-hybridized carbons (Fsp3) is 0.538. The smallest absolute Gasteiger partial charge is 0.126 e. The fourth-order valence-electron chi connectivity index (χ4n) is 1.68. The predicted molar refractivity (Wildman–Crippen MR) is 71.8 cm³/mol. The second kappa shape index (κ2) is 6.92. The Morgan fingerprint density at radius 3 is 2.69 bits per heavy atom. The average Bonchev–Trinajstić information content (AvgIpc) is 2.26. The molecule has 0 aromatic heterocycles. The zero-order valence-corrected chi connectivity index (χ0v) is 11.6. The summed E-state index contributed by atoms with van der Waals surface area (Å²) in [5.41, 5.74) is 7.94. The molecule has 0 heterocycles. The molecule has 0 aliphatic carbocycles. The van der Waals surface area contributed by atoms with E-state index in [-0.39, 0.29) is 0 Å². The zero-order chi connectivity index (χ0) is 12.0. The van der Waals surface area contributed by atoms with E-state index in [1.165, 1.54) is 12.8 Å². The van der Waals surface area contributed by atoms with Gasteiger partial charge in [0.05, 0.1) is 6.61 Å². The van der Waals surface area contributed by atoms with Crippen molar-refractivity contribution in [2.24, 2.45) is 5.73 Å². The Bertz CT molecular complexity index is 339. The number of hydrogen-bond acceptors (Lipinski definition) is 2. The maximum atomic E-state index is 5.82. The summed E-state index contributed by atoms with van der Waals surface area (Å²) in [7, 11) is 0. The highest BCUT2D eigenvalue weighted by Gasteiger charge is 2.07. The summed E-state index contributed by atoms with van der Waals surface area (Å²) in [6.45, 7) is 5.54. The third kappa shape index (κ3) is 3.80. The predicted octanol–water partition coefficient (Wildman–Crippen LogP) is 3.79. The highest BCUT2D eigenvalue weighted by Crippen LogP contribution is 2.27. The van der Waals surface area contributed by atoms with Crippen molar-refractivity contribution < 1.29 is 4.74 Å². The van der Waals surface area contributed by atoms with Crippen LogP contribution >= 0.6 is 15.9 Å². The number of benzene rings is 1. The Morgan fingerprint density at radius 1 is 1.31 bits per heavy atom. The summed E-state index contributed by atoms with van der Waals surface area (Å²) in [6, 6.07) is 4.09. The zero-order valence-electron chi connectivity index (χ0n) is 10.1. The maximum absolute atomic E-state index is 5.82. The first-order chi connectivity index (χ1) is 7.69. The van der Waals surface area contributed by atoms with Crippen LogP contribution in [0.5, 0.6) is 5.75 Å². The van der Waals surface area contributed by atoms with Gasteiger partial charge in [0.15, 0.2) is 0 Å². The minimum absolute atomic E-state index is 0.517. The van der Waals surface area contributed by atoms with Gasteiger partial charge in [-0.2, -0.15) is 0 Å². The van der Waals surface area contributed by atoms with E-state index >= 15 is 0 Å². The number of ether oxygens (including phenoxy) is 1. The van der Waals surface area contributed by atoms with Crippen LogP contribution in [0, 0.1) is 6.92 Å². The molecule has 0 radical (unpaired) electrons. The Labute approximate surface area is 106 Å². The van der Waals surface area contributed by atoms with Crippen molar-refractivity contribution in [3.8, 4) is 5.75 Å². The molecule has 0 aliphatic rings. The van der Waals surface area contributed by atoms with E-state index in [4.69, 9.17) is 10.5 Å². The van der Waals surface area contributed by atoms with Gasteiger partial charge in [0.25, 0.3) is 0 Å². The topological polar surface area (TPSA) is 35.2 Å². The number of unbranched alkanes of at least 4 members (excludes halogenated alkanes) is 2. The van der Waals surface area contributed by atoms with E-state index < -0.39 is 0 Å². The molecule has 0 bridgehead atoms. The Morgan fingerprint density at radius 2 is 2.06 bits per heavy atom. The van der Waals surface area contributed by atoms with Crippen LogP contribution in [0.3, 0.4) is 0 Å². The van der Waals surface area contributed by atoms with Gasteiger partial charge in [-0.05, 0) is 31.0 Å². The molecule has 0 spiro atoms. The van der Waals surface area contributed by atoms with E-state index in [0.717, 1.165) is 34.4 Å². The minimum Gasteiger partial charge on any atom is -0.493 e. The SMILES string of the molecule is CCCCCOc1c(C)cc(Br)cc1CN. The molecule has 0 saturated carbocycles. The number of aryl methyl sites for hydroxylation is 1. The van der Waals surface area contributed by atoms with Gasteiger partial charge in [0.1, 0.15) is 5.75 Å². The van der Waals surface area contributed by atoms with Crippen LogP contribution in [0.4, 0.5) is 0 Å². The van der Waals surface area contributed by atoms with Gasteiger partial charge in [-0.25, -0.2) is 0 Å². The molecule has 1 aromatic carbocycles. The molecule has 1 aromatic rings. The van der Waals surface area contributed by atoms with Gasteiger partial charge in [0, 0.05) is 16.6 Å². The molecule has 3 heteroatoms. The van der Waals surface area contributed by atoms with Crippen LogP contribution in [0.2, 0.25) is 0 Å². The van der Waals surface area contributed by atoms with E-state index in [0.29, 0.717) is 6.54 Å². The third-order valence-electron chi connectivity index (χ3n) is 2.53.